The summed E-state index contributed by atoms with van der Waals surface area (Å²) in [6, 6.07) is 4.72. The Morgan fingerprint density at radius 2 is 1.81 bits per heavy atom. The summed E-state index contributed by atoms with van der Waals surface area (Å²) in [5.41, 5.74) is 2.44. The Labute approximate surface area is 152 Å². The number of phenolic OH excluding ortho intramolecular Hbond substituents is 1. The molecular formula is C21H22O5. The average Bonchev–Trinajstić information content (AvgIpc) is 2.62. The van der Waals surface area contributed by atoms with Crippen LogP contribution in [0.3, 0.4) is 0 Å². The molecule has 0 aromatic heterocycles. The molecule has 5 nitrogen and oxygen atoms in total. The Kier molecular flexibility index (Phi) is 6.55. The van der Waals surface area contributed by atoms with Crippen molar-refractivity contribution in [2.45, 2.75) is 26.2 Å². The quantitative estimate of drug-likeness (QED) is 0.570. The number of phenols is 1. The first-order chi connectivity index (χ1) is 12.4. The first-order valence-electron chi connectivity index (χ1n) is 8.27. The van der Waals surface area contributed by atoms with Gasteiger partial charge in [-0.05, 0) is 54.3 Å². The summed E-state index contributed by atoms with van der Waals surface area (Å²) >= 11 is 0. The van der Waals surface area contributed by atoms with Gasteiger partial charge in [-0.1, -0.05) is 24.3 Å². The van der Waals surface area contributed by atoms with Crippen molar-refractivity contribution in [2.24, 2.45) is 0 Å². The molecule has 1 aliphatic rings. The lowest BCUT2D eigenvalue weighted by atomic mass is 9.98. The number of benzene rings is 1. The van der Waals surface area contributed by atoms with E-state index in [0.717, 1.165) is 11.1 Å². The highest BCUT2D eigenvalue weighted by molar-refractivity contribution is 6.09. The summed E-state index contributed by atoms with van der Waals surface area (Å²) < 4.78 is 5.00. The Balaban J connectivity index is 1.92. The second kappa shape index (κ2) is 8.85. The van der Waals surface area contributed by atoms with Crippen LogP contribution in [0.4, 0.5) is 0 Å². The molecule has 0 saturated carbocycles. The van der Waals surface area contributed by atoms with Gasteiger partial charge >= 0.3 is 0 Å². The molecule has 0 amide bonds. The van der Waals surface area contributed by atoms with Crippen LogP contribution in [-0.4, -0.2) is 28.9 Å². The van der Waals surface area contributed by atoms with Crippen molar-refractivity contribution >= 4 is 17.6 Å². The molecule has 0 bridgehead atoms. The van der Waals surface area contributed by atoms with Gasteiger partial charge in [0, 0.05) is 6.42 Å². The number of ether oxygens (including phenoxy) is 1. The fourth-order valence-corrected chi connectivity index (χ4v) is 2.50. The lowest BCUT2D eigenvalue weighted by Gasteiger charge is -2.11. The van der Waals surface area contributed by atoms with Gasteiger partial charge in [-0.25, -0.2) is 0 Å². The molecule has 0 heterocycles. The molecule has 0 spiro atoms. The lowest BCUT2D eigenvalue weighted by Crippen LogP contribution is -2.02. The third-order valence-corrected chi connectivity index (χ3v) is 4.00. The highest BCUT2D eigenvalue weighted by atomic mass is 16.5. The van der Waals surface area contributed by atoms with Crippen LogP contribution in [0, 0.1) is 0 Å². The zero-order valence-electron chi connectivity index (χ0n) is 14.9. The predicted molar refractivity (Wildman–Crippen MR) is 100 cm³/mol. The zero-order valence-corrected chi connectivity index (χ0v) is 14.9. The smallest absolute Gasteiger partial charge is 0.163 e. The van der Waals surface area contributed by atoms with Crippen molar-refractivity contribution in [3.8, 4) is 11.5 Å². The van der Waals surface area contributed by atoms with Crippen molar-refractivity contribution in [1.82, 2.24) is 0 Å². The fraction of sp³-hybridized carbons (Fsp3) is 0.238. The van der Waals surface area contributed by atoms with Gasteiger partial charge in [0.25, 0.3) is 0 Å². The first-order valence-corrected chi connectivity index (χ1v) is 8.27. The Bertz CT molecular complexity index is 825. The normalized spacial score (nSPS) is 14.8. The molecule has 0 aliphatic heterocycles. The van der Waals surface area contributed by atoms with Crippen molar-refractivity contribution in [2.75, 3.05) is 7.11 Å². The van der Waals surface area contributed by atoms with Gasteiger partial charge < -0.3 is 14.9 Å². The minimum atomic E-state index is -0.307. The average molecular weight is 354 g/mol. The summed E-state index contributed by atoms with van der Waals surface area (Å²) in [4.78, 5) is 23.8. The lowest BCUT2D eigenvalue weighted by molar-refractivity contribution is -0.121. The molecule has 0 atom stereocenters. The summed E-state index contributed by atoms with van der Waals surface area (Å²) in [6.07, 6.45) is 8.86. The monoisotopic (exact) mass is 354 g/mol. The number of methoxy groups -OCH3 is 1. The van der Waals surface area contributed by atoms with E-state index in [1.807, 2.05) is 13.0 Å². The second-order valence-electron chi connectivity index (χ2n) is 6.06. The molecule has 0 fully saturated rings. The van der Waals surface area contributed by atoms with Crippen LogP contribution >= 0.6 is 0 Å². The number of ketones is 2. The van der Waals surface area contributed by atoms with Crippen LogP contribution in [0.5, 0.6) is 11.5 Å². The molecular weight excluding hydrogens is 332 g/mol. The van der Waals surface area contributed by atoms with Gasteiger partial charge in [0.05, 0.1) is 19.3 Å². The van der Waals surface area contributed by atoms with E-state index in [-0.39, 0.29) is 23.7 Å². The third-order valence-electron chi connectivity index (χ3n) is 4.00. The van der Waals surface area contributed by atoms with Gasteiger partial charge in [-0.2, -0.15) is 0 Å². The van der Waals surface area contributed by atoms with E-state index in [2.05, 4.69) is 0 Å². The molecule has 0 unspecified atom stereocenters. The summed E-state index contributed by atoms with van der Waals surface area (Å²) in [7, 11) is 1.44. The molecule has 26 heavy (non-hydrogen) atoms. The molecule has 2 rings (SSSR count). The van der Waals surface area contributed by atoms with Crippen molar-refractivity contribution in [3.63, 3.8) is 0 Å². The highest BCUT2D eigenvalue weighted by Crippen LogP contribution is 2.26. The highest BCUT2D eigenvalue weighted by Gasteiger charge is 2.09. The number of carbonyl (C=O) groups excluding carboxylic acids is 2. The predicted octanol–water partition coefficient (Wildman–Crippen LogP) is 4.05. The van der Waals surface area contributed by atoms with Gasteiger partial charge in [0.15, 0.2) is 23.1 Å². The Morgan fingerprint density at radius 3 is 2.46 bits per heavy atom. The molecule has 0 saturated heterocycles. The van der Waals surface area contributed by atoms with E-state index < -0.39 is 0 Å². The summed E-state index contributed by atoms with van der Waals surface area (Å²) in [6.45, 7) is 1.82. The van der Waals surface area contributed by atoms with Crippen molar-refractivity contribution in [1.29, 1.82) is 0 Å². The van der Waals surface area contributed by atoms with E-state index in [4.69, 9.17) is 4.74 Å². The molecule has 1 aromatic rings. The maximum absolute atomic E-state index is 11.9. The number of hydrogen-bond acceptors (Lipinski definition) is 5. The number of allylic oxidation sites excluding steroid dienone is 7. The summed E-state index contributed by atoms with van der Waals surface area (Å²) in [5, 5.41) is 19.1. The Hall–Kier alpha value is -3.08. The number of aliphatic hydroxyl groups excluding tert-OH is 1. The van der Waals surface area contributed by atoms with Crippen LogP contribution in [-0.2, 0) is 9.59 Å². The van der Waals surface area contributed by atoms with E-state index in [0.29, 0.717) is 29.9 Å². The Morgan fingerprint density at radius 1 is 1.12 bits per heavy atom. The van der Waals surface area contributed by atoms with E-state index in [1.165, 1.54) is 25.3 Å². The van der Waals surface area contributed by atoms with Crippen LogP contribution < -0.4 is 4.74 Å². The second-order valence-corrected chi connectivity index (χ2v) is 6.06. The zero-order chi connectivity index (χ0) is 19.1. The van der Waals surface area contributed by atoms with Crippen molar-refractivity contribution < 1.29 is 24.5 Å². The van der Waals surface area contributed by atoms with Crippen LogP contribution in [0.2, 0.25) is 0 Å². The SMILES string of the molecule is COc1cc(/C=C/C(=O)CC(=O)/C=C/C2=CC(C)=C(O)CC2)ccc1O. The third kappa shape index (κ3) is 5.48. The number of rotatable bonds is 7. The molecule has 5 heteroatoms. The number of hydrogen-bond donors (Lipinski definition) is 2. The van der Waals surface area contributed by atoms with Crippen LogP contribution in [0.25, 0.3) is 6.08 Å². The topological polar surface area (TPSA) is 83.8 Å². The molecule has 0 radical (unpaired) electrons. The van der Waals surface area contributed by atoms with E-state index >= 15 is 0 Å². The maximum Gasteiger partial charge on any atom is 0.163 e. The van der Waals surface area contributed by atoms with Gasteiger partial charge in [0.2, 0.25) is 0 Å². The largest absolute Gasteiger partial charge is 0.512 e. The number of aromatic hydroxyl groups is 1. The molecule has 1 aromatic carbocycles. The van der Waals surface area contributed by atoms with E-state index in [9.17, 15) is 19.8 Å². The minimum absolute atomic E-state index is 0.0201. The first kappa shape index (κ1) is 19.2. The van der Waals surface area contributed by atoms with Gasteiger partial charge in [-0.15, -0.1) is 0 Å². The van der Waals surface area contributed by atoms with Gasteiger partial charge in [0.1, 0.15) is 0 Å². The number of aliphatic hydroxyl groups is 1. The van der Waals surface area contributed by atoms with Crippen molar-refractivity contribution in [3.05, 3.63) is 65.0 Å². The van der Waals surface area contributed by atoms with Crippen LogP contribution in [0.1, 0.15) is 31.7 Å². The van der Waals surface area contributed by atoms with Gasteiger partial charge in [-0.3, -0.25) is 9.59 Å². The number of carbonyl (C=O) groups is 2. The molecule has 2 N–H and O–H groups in total. The molecule has 136 valence electrons. The maximum atomic E-state index is 11.9. The fourth-order valence-electron chi connectivity index (χ4n) is 2.50. The minimum Gasteiger partial charge on any atom is -0.512 e. The van der Waals surface area contributed by atoms with E-state index in [1.54, 1.807) is 24.3 Å². The molecule has 1 aliphatic carbocycles. The standard InChI is InChI=1S/C21H22O5/c1-14-11-15(5-9-19(14)24)3-7-17(22)13-18(23)8-4-16-6-10-20(25)21(12-16)26-2/h3-4,6-8,10-12,24-25H,5,9,13H2,1-2H3/b7-3+,8-4+. The van der Waals surface area contributed by atoms with Crippen LogP contribution in [0.15, 0.2) is 59.4 Å². The summed E-state index contributed by atoms with van der Waals surface area (Å²) in [5.74, 6) is 0.124.